The van der Waals surface area contributed by atoms with Crippen LogP contribution in [0.3, 0.4) is 0 Å². The van der Waals surface area contributed by atoms with E-state index in [2.05, 4.69) is 23.5 Å². The SMILES string of the molecule is CCNC(=O)N1CCC(C2CCCc3ccc(OC)cc32)CC1. The first-order chi connectivity index (χ1) is 11.2. The van der Waals surface area contributed by atoms with Gasteiger partial charge in [-0.2, -0.15) is 0 Å². The zero-order chi connectivity index (χ0) is 16.2. The number of carbonyl (C=O) groups excluding carboxylic acids is 1. The van der Waals surface area contributed by atoms with Crippen molar-refractivity contribution >= 4 is 6.03 Å². The Morgan fingerprint density at radius 3 is 2.78 bits per heavy atom. The van der Waals surface area contributed by atoms with Crippen LogP contribution in [0.2, 0.25) is 0 Å². The van der Waals surface area contributed by atoms with Crippen LogP contribution in [-0.2, 0) is 6.42 Å². The number of hydrogen-bond donors (Lipinski definition) is 1. The molecule has 0 aromatic heterocycles. The molecule has 2 amide bonds. The number of likely N-dealkylation sites (tertiary alicyclic amines) is 1. The molecule has 1 atom stereocenters. The molecule has 1 aromatic carbocycles. The fourth-order valence-electron chi connectivity index (χ4n) is 4.20. The van der Waals surface area contributed by atoms with Crippen LogP contribution in [0.25, 0.3) is 0 Å². The first kappa shape index (κ1) is 16.2. The van der Waals surface area contributed by atoms with Crippen LogP contribution in [-0.4, -0.2) is 37.7 Å². The minimum atomic E-state index is 0.0941. The highest BCUT2D eigenvalue weighted by Crippen LogP contribution is 2.42. The monoisotopic (exact) mass is 316 g/mol. The first-order valence-electron chi connectivity index (χ1n) is 8.92. The Labute approximate surface area is 139 Å². The molecule has 23 heavy (non-hydrogen) atoms. The number of benzene rings is 1. The molecule has 1 aliphatic heterocycles. The maximum atomic E-state index is 12.0. The van der Waals surface area contributed by atoms with Gasteiger partial charge in [-0.05, 0) is 74.1 Å². The van der Waals surface area contributed by atoms with Crippen LogP contribution in [0, 0.1) is 5.92 Å². The molecule has 1 fully saturated rings. The molecule has 1 aromatic rings. The van der Waals surface area contributed by atoms with Crippen molar-refractivity contribution in [3.05, 3.63) is 29.3 Å². The standard InChI is InChI=1S/C19H28N2O2/c1-3-20-19(22)21-11-9-15(10-12-21)17-6-4-5-14-7-8-16(23-2)13-18(14)17/h7-8,13,15,17H,3-6,9-12H2,1-2H3,(H,20,22). The van der Waals surface area contributed by atoms with Gasteiger partial charge in [0.15, 0.2) is 0 Å². The third-order valence-electron chi connectivity index (χ3n) is 5.44. The van der Waals surface area contributed by atoms with Crippen LogP contribution in [0.5, 0.6) is 5.75 Å². The summed E-state index contributed by atoms with van der Waals surface area (Å²) >= 11 is 0. The van der Waals surface area contributed by atoms with Gasteiger partial charge in [0.25, 0.3) is 0 Å². The lowest BCUT2D eigenvalue weighted by Crippen LogP contribution is -2.45. The normalized spacial score (nSPS) is 21.7. The first-order valence-corrected chi connectivity index (χ1v) is 8.92. The smallest absolute Gasteiger partial charge is 0.317 e. The van der Waals surface area contributed by atoms with E-state index in [0.29, 0.717) is 18.4 Å². The predicted octanol–water partition coefficient (Wildman–Crippen LogP) is 3.56. The summed E-state index contributed by atoms with van der Waals surface area (Å²) in [7, 11) is 1.74. The third kappa shape index (κ3) is 3.46. The Morgan fingerprint density at radius 1 is 1.30 bits per heavy atom. The largest absolute Gasteiger partial charge is 0.497 e. The molecular weight excluding hydrogens is 288 g/mol. The highest BCUT2D eigenvalue weighted by molar-refractivity contribution is 5.74. The zero-order valence-electron chi connectivity index (χ0n) is 14.3. The van der Waals surface area contributed by atoms with Crippen molar-refractivity contribution in [2.24, 2.45) is 5.92 Å². The molecule has 1 heterocycles. The molecule has 0 saturated carbocycles. The molecule has 1 N–H and O–H groups in total. The molecule has 1 aliphatic carbocycles. The van der Waals surface area contributed by atoms with Crippen molar-refractivity contribution in [2.45, 2.75) is 44.9 Å². The number of aryl methyl sites for hydroxylation is 1. The number of methoxy groups -OCH3 is 1. The van der Waals surface area contributed by atoms with Gasteiger partial charge < -0.3 is 15.0 Å². The van der Waals surface area contributed by atoms with E-state index in [1.165, 1.54) is 30.4 Å². The lowest BCUT2D eigenvalue weighted by atomic mass is 9.72. The molecule has 1 saturated heterocycles. The number of nitrogens with one attached hydrogen (secondary N) is 1. The number of nitrogens with zero attached hydrogens (tertiary/aromatic N) is 1. The molecule has 4 nitrogen and oxygen atoms in total. The second-order valence-corrected chi connectivity index (χ2v) is 6.72. The molecule has 0 radical (unpaired) electrons. The topological polar surface area (TPSA) is 41.6 Å². The maximum absolute atomic E-state index is 12.0. The Hall–Kier alpha value is -1.71. The van der Waals surface area contributed by atoms with Gasteiger partial charge in [0.1, 0.15) is 5.75 Å². The summed E-state index contributed by atoms with van der Waals surface area (Å²) < 4.78 is 5.43. The van der Waals surface area contributed by atoms with E-state index < -0.39 is 0 Å². The van der Waals surface area contributed by atoms with E-state index in [4.69, 9.17) is 4.74 Å². The zero-order valence-corrected chi connectivity index (χ0v) is 14.3. The van der Waals surface area contributed by atoms with Gasteiger partial charge in [-0.25, -0.2) is 4.79 Å². The molecule has 126 valence electrons. The van der Waals surface area contributed by atoms with Gasteiger partial charge in [-0.15, -0.1) is 0 Å². The van der Waals surface area contributed by atoms with Crippen molar-refractivity contribution in [1.82, 2.24) is 10.2 Å². The summed E-state index contributed by atoms with van der Waals surface area (Å²) in [4.78, 5) is 13.9. The van der Waals surface area contributed by atoms with Crippen LogP contribution < -0.4 is 10.1 Å². The number of carbonyl (C=O) groups is 1. The van der Waals surface area contributed by atoms with Crippen molar-refractivity contribution in [3.63, 3.8) is 0 Å². The summed E-state index contributed by atoms with van der Waals surface area (Å²) in [5.74, 6) is 2.28. The van der Waals surface area contributed by atoms with Crippen LogP contribution >= 0.6 is 0 Å². The number of urea groups is 1. The second kappa shape index (κ2) is 7.24. The summed E-state index contributed by atoms with van der Waals surface area (Å²) in [6.45, 7) is 4.43. The van der Waals surface area contributed by atoms with Crippen LogP contribution in [0.4, 0.5) is 4.79 Å². The number of ether oxygens (including phenoxy) is 1. The number of fused-ring (bicyclic) bond motifs is 1. The van der Waals surface area contributed by atoms with Gasteiger partial charge in [0, 0.05) is 19.6 Å². The highest BCUT2D eigenvalue weighted by atomic mass is 16.5. The number of amides is 2. The Kier molecular flexibility index (Phi) is 5.09. The fourth-order valence-corrected chi connectivity index (χ4v) is 4.20. The third-order valence-corrected chi connectivity index (χ3v) is 5.44. The van der Waals surface area contributed by atoms with Crippen molar-refractivity contribution in [3.8, 4) is 5.75 Å². The van der Waals surface area contributed by atoms with E-state index in [0.717, 1.165) is 31.7 Å². The Morgan fingerprint density at radius 2 is 2.09 bits per heavy atom. The Balaban J connectivity index is 1.69. The number of piperidine rings is 1. The van der Waals surface area contributed by atoms with E-state index in [-0.39, 0.29) is 6.03 Å². The molecular formula is C19H28N2O2. The van der Waals surface area contributed by atoms with Gasteiger partial charge >= 0.3 is 6.03 Å². The number of rotatable bonds is 3. The van der Waals surface area contributed by atoms with Gasteiger partial charge in [0.2, 0.25) is 0 Å². The van der Waals surface area contributed by atoms with Crippen molar-refractivity contribution in [2.75, 3.05) is 26.7 Å². The van der Waals surface area contributed by atoms with E-state index in [9.17, 15) is 4.79 Å². The van der Waals surface area contributed by atoms with Gasteiger partial charge in [0.05, 0.1) is 7.11 Å². The summed E-state index contributed by atoms with van der Waals surface area (Å²) in [6, 6.07) is 6.66. The van der Waals surface area contributed by atoms with Crippen molar-refractivity contribution in [1.29, 1.82) is 0 Å². The summed E-state index contributed by atoms with van der Waals surface area (Å²) in [5.41, 5.74) is 2.99. The van der Waals surface area contributed by atoms with E-state index >= 15 is 0 Å². The minimum absolute atomic E-state index is 0.0941. The maximum Gasteiger partial charge on any atom is 0.317 e. The molecule has 0 bridgehead atoms. The summed E-state index contributed by atoms with van der Waals surface area (Å²) in [5, 5.41) is 2.91. The van der Waals surface area contributed by atoms with Crippen LogP contribution in [0.15, 0.2) is 18.2 Å². The number of hydrogen-bond acceptors (Lipinski definition) is 2. The summed E-state index contributed by atoms with van der Waals surface area (Å²) in [6.07, 6.45) is 5.96. The van der Waals surface area contributed by atoms with Crippen LogP contribution in [0.1, 0.15) is 49.7 Å². The lowest BCUT2D eigenvalue weighted by molar-refractivity contribution is 0.160. The van der Waals surface area contributed by atoms with E-state index in [1.807, 2.05) is 11.8 Å². The van der Waals surface area contributed by atoms with Gasteiger partial charge in [-0.1, -0.05) is 6.07 Å². The average molecular weight is 316 g/mol. The quantitative estimate of drug-likeness (QED) is 0.926. The molecule has 1 unspecified atom stereocenters. The van der Waals surface area contributed by atoms with Gasteiger partial charge in [-0.3, -0.25) is 0 Å². The Bertz CT molecular complexity index is 550. The van der Waals surface area contributed by atoms with Crippen molar-refractivity contribution < 1.29 is 9.53 Å². The molecule has 2 aliphatic rings. The van der Waals surface area contributed by atoms with E-state index in [1.54, 1.807) is 7.11 Å². The predicted molar refractivity (Wildman–Crippen MR) is 92.0 cm³/mol. The fraction of sp³-hybridized carbons (Fsp3) is 0.632. The molecule has 0 spiro atoms. The minimum Gasteiger partial charge on any atom is -0.497 e. The second-order valence-electron chi connectivity index (χ2n) is 6.72. The average Bonchev–Trinajstić information content (AvgIpc) is 2.61. The highest BCUT2D eigenvalue weighted by Gasteiger charge is 2.32. The molecule has 3 rings (SSSR count). The molecule has 4 heteroatoms. The lowest BCUT2D eigenvalue weighted by Gasteiger charge is -2.38.